The first-order chi connectivity index (χ1) is 15.4. The van der Waals surface area contributed by atoms with E-state index in [0.717, 1.165) is 38.5 Å². The molecule has 0 aromatic rings. The van der Waals surface area contributed by atoms with E-state index < -0.39 is 11.7 Å². The fourth-order valence-electron chi connectivity index (χ4n) is 8.90. The van der Waals surface area contributed by atoms with E-state index in [1.54, 1.807) is 0 Å². The standard InChI is InChI=1S/C29H46O4/c1-18(2)7-12-26(33-19(3)30)29(6,32)25-11-10-23-22-9-8-20-17-21(31)13-15-27(20,4)24(22)14-16-28(23,25)5/h17-18,22-26,32H,7-16H2,1-6H3. The summed E-state index contributed by atoms with van der Waals surface area (Å²) in [6.45, 7) is 12.6. The molecule has 186 valence electrons. The summed E-state index contributed by atoms with van der Waals surface area (Å²) in [5.74, 6) is 2.60. The summed E-state index contributed by atoms with van der Waals surface area (Å²) in [4.78, 5) is 24.0. The van der Waals surface area contributed by atoms with Crippen LogP contribution in [-0.4, -0.2) is 28.6 Å². The van der Waals surface area contributed by atoms with Crippen molar-refractivity contribution in [1.29, 1.82) is 0 Å². The third kappa shape index (κ3) is 4.23. The van der Waals surface area contributed by atoms with Gasteiger partial charge in [0.25, 0.3) is 0 Å². The molecule has 4 nitrogen and oxygen atoms in total. The van der Waals surface area contributed by atoms with Crippen LogP contribution in [0, 0.1) is 40.4 Å². The van der Waals surface area contributed by atoms with Crippen LogP contribution in [-0.2, 0) is 14.3 Å². The molecule has 0 aliphatic heterocycles. The molecule has 8 atom stereocenters. The van der Waals surface area contributed by atoms with Gasteiger partial charge >= 0.3 is 5.97 Å². The maximum absolute atomic E-state index is 12.1. The lowest BCUT2D eigenvalue weighted by molar-refractivity contribution is -0.183. The molecule has 4 aliphatic rings. The van der Waals surface area contributed by atoms with Crippen molar-refractivity contribution >= 4 is 11.8 Å². The Morgan fingerprint density at radius 1 is 1.12 bits per heavy atom. The summed E-state index contributed by atoms with van der Waals surface area (Å²) >= 11 is 0. The highest BCUT2D eigenvalue weighted by Crippen LogP contribution is 2.68. The zero-order valence-electron chi connectivity index (χ0n) is 21.8. The van der Waals surface area contributed by atoms with Gasteiger partial charge in [0.05, 0.1) is 0 Å². The van der Waals surface area contributed by atoms with Crippen molar-refractivity contribution in [3.05, 3.63) is 11.6 Å². The Hall–Kier alpha value is -1.16. The van der Waals surface area contributed by atoms with Crippen LogP contribution in [0.2, 0.25) is 0 Å². The molecule has 3 fully saturated rings. The number of hydrogen-bond donors (Lipinski definition) is 1. The maximum atomic E-state index is 12.1. The van der Waals surface area contributed by atoms with Crippen LogP contribution < -0.4 is 0 Å². The fourth-order valence-corrected chi connectivity index (χ4v) is 8.90. The first-order valence-electron chi connectivity index (χ1n) is 13.5. The fraction of sp³-hybridized carbons (Fsp3) is 0.862. The van der Waals surface area contributed by atoms with Gasteiger partial charge in [-0.3, -0.25) is 9.59 Å². The van der Waals surface area contributed by atoms with Gasteiger partial charge in [-0.15, -0.1) is 0 Å². The lowest BCUT2D eigenvalue weighted by Gasteiger charge is -2.59. The summed E-state index contributed by atoms with van der Waals surface area (Å²) in [7, 11) is 0. The van der Waals surface area contributed by atoms with Crippen molar-refractivity contribution in [2.75, 3.05) is 0 Å². The number of hydrogen-bond acceptors (Lipinski definition) is 4. The lowest BCUT2D eigenvalue weighted by atomic mass is 9.46. The average molecular weight is 459 g/mol. The van der Waals surface area contributed by atoms with E-state index in [0.29, 0.717) is 42.3 Å². The quantitative estimate of drug-likeness (QED) is 0.478. The molecule has 4 rings (SSSR count). The third-order valence-corrected chi connectivity index (χ3v) is 10.6. The monoisotopic (exact) mass is 458 g/mol. The molecule has 0 aromatic heterocycles. The van der Waals surface area contributed by atoms with Crippen molar-refractivity contribution in [1.82, 2.24) is 0 Å². The van der Waals surface area contributed by atoms with Crippen molar-refractivity contribution in [2.45, 2.75) is 117 Å². The van der Waals surface area contributed by atoms with Crippen LogP contribution in [0.4, 0.5) is 0 Å². The normalized spacial score (nSPS) is 40.8. The van der Waals surface area contributed by atoms with E-state index in [-0.39, 0.29) is 22.7 Å². The van der Waals surface area contributed by atoms with E-state index in [9.17, 15) is 14.7 Å². The predicted molar refractivity (Wildman–Crippen MR) is 130 cm³/mol. The van der Waals surface area contributed by atoms with Crippen molar-refractivity contribution in [3.8, 4) is 0 Å². The molecule has 3 saturated carbocycles. The Morgan fingerprint density at radius 2 is 1.85 bits per heavy atom. The Morgan fingerprint density at radius 3 is 2.52 bits per heavy atom. The minimum Gasteiger partial charge on any atom is -0.459 e. The van der Waals surface area contributed by atoms with Crippen LogP contribution in [0.25, 0.3) is 0 Å². The number of ether oxygens (including phenoxy) is 1. The second-order valence-electron chi connectivity index (χ2n) is 12.9. The average Bonchev–Trinajstić information content (AvgIpc) is 3.09. The summed E-state index contributed by atoms with van der Waals surface area (Å²) < 4.78 is 5.78. The number of rotatable bonds is 6. The van der Waals surface area contributed by atoms with Crippen LogP contribution in [0.15, 0.2) is 11.6 Å². The van der Waals surface area contributed by atoms with Gasteiger partial charge in [0, 0.05) is 13.3 Å². The molecule has 0 spiro atoms. The van der Waals surface area contributed by atoms with Gasteiger partial charge in [-0.25, -0.2) is 0 Å². The van der Waals surface area contributed by atoms with Gasteiger partial charge in [0.2, 0.25) is 0 Å². The molecule has 0 aromatic carbocycles. The molecule has 0 amide bonds. The van der Waals surface area contributed by atoms with Crippen LogP contribution in [0.3, 0.4) is 0 Å². The molecule has 0 bridgehead atoms. The summed E-state index contributed by atoms with van der Waals surface area (Å²) in [6.07, 6.45) is 11.6. The maximum Gasteiger partial charge on any atom is 0.303 e. The molecule has 4 heteroatoms. The molecular weight excluding hydrogens is 412 g/mol. The number of allylic oxidation sites excluding steroid dienone is 1. The van der Waals surface area contributed by atoms with Crippen LogP contribution in [0.1, 0.15) is 106 Å². The molecule has 1 N–H and O–H groups in total. The topological polar surface area (TPSA) is 63.6 Å². The number of fused-ring (bicyclic) bond motifs is 5. The first-order valence-corrected chi connectivity index (χ1v) is 13.5. The van der Waals surface area contributed by atoms with E-state index >= 15 is 0 Å². The third-order valence-electron chi connectivity index (χ3n) is 10.6. The second kappa shape index (κ2) is 8.81. The Bertz CT molecular complexity index is 810. The summed E-state index contributed by atoms with van der Waals surface area (Å²) in [5.41, 5.74) is 0.644. The molecule has 8 unspecified atom stereocenters. The largest absolute Gasteiger partial charge is 0.459 e. The molecular formula is C29H46O4. The zero-order valence-corrected chi connectivity index (χ0v) is 21.8. The predicted octanol–water partition coefficient (Wildman–Crippen LogP) is 6.25. The highest BCUT2D eigenvalue weighted by atomic mass is 16.6. The SMILES string of the molecule is CC(=O)OC(CCC(C)C)C(C)(O)C1CCC2C3CCC4=CC(=O)CCC4(C)C3CCC21C. The van der Waals surface area contributed by atoms with Gasteiger partial charge in [0.1, 0.15) is 11.7 Å². The molecule has 0 saturated heterocycles. The number of esters is 1. The highest BCUT2D eigenvalue weighted by molar-refractivity contribution is 5.91. The van der Waals surface area contributed by atoms with Gasteiger partial charge in [-0.05, 0) is 111 Å². The number of aliphatic hydroxyl groups is 1. The first kappa shape index (κ1) is 24.9. The smallest absolute Gasteiger partial charge is 0.303 e. The second-order valence-corrected chi connectivity index (χ2v) is 12.9. The molecule has 4 aliphatic carbocycles. The van der Waals surface area contributed by atoms with Gasteiger partial charge in [-0.1, -0.05) is 33.3 Å². The number of carbonyl (C=O) groups is 2. The van der Waals surface area contributed by atoms with Gasteiger partial charge in [-0.2, -0.15) is 0 Å². The minimum atomic E-state index is -1.02. The lowest BCUT2D eigenvalue weighted by Crippen LogP contribution is -2.56. The van der Waals surface area contributed by atoms with E-state index in [4.69, 9.17) is 4.74 Å². The Kier molecular flexibility index (Phi) is 6.66. The van der Waals surface area contributed by atoms with Crippen molar-refractivity contribution < 1.29 is 19.4 Å². The molecule has 0 heterocycles. The van der Waals surface area contributed by atoms with E-state index in [1.807, 2.05) is 13.0 Å². The number of carbonyl (C=O) groups excluding carboxylic acids is 2. The Labute approximate surface area is 200 Å². The molecule has 0 radical (unpaired) electrons. The van der Waals surface area contributed by atoms with Crippen LogP contribution >= 0.6 is 0 Å². The Balaban J connectivity index is 1.58. The zero-order chi connectivity index (χ0) is 24.2. The van der Waals surface area contributed by atoms with Gasteiger partial charge < -0.3 is 9.84 Å². The van der Waals surface area contributed by atoms with E-state index in [1.165, 1.54) is 25.3 Å². The van der Waals surface area contributed by atoms with Crippen LogP contribution in [0.5, 0.6) is 0 Å². The molecule has 33 heavy (non-hydrogen) atoms. The van der Waals surface area contributed by atoms with E-state index in [2.05, 4.69) is 27.7 Å². The van der Waals surface area contributed by atoms with Gasteiger partial charge in [0.15, 0.2) is 5.78 Å². The number of ketones is 1. The van der Waals surface area contributed by atoms with Crippen molar-refractivity contribution in [2.24, 2.45) is 40.4 Å². The van der Waals surface area contributed by atoms with Crippen molar-refractivity contribution in [3.63, 3.8) is 0 Å². The summed E-state index contributed by atoms with van der Waals surface area (Å²) in [6, 6.07) is 0. The highest BCUT2D eigenvalue weighted by Gasteiger charge is 2.62. The minimum absolute atomic E-state index is 0.0724. The summed E-state index contributed by atoms with van der Waals surface area (Å²) in [5, 5.41) is 12.0.